The van der Waals surface area contributed by atoms with E-state index in [9.17, 15) is 15.3 Å². The SMILES string of the molecule is C=C1/C(=C\C=C2CCC[C@@]3(C)C2CC[C@@H]3[C@@H](C)CCCC(C)(C)O)C[C@@](C)(O)C[C@H]1O. The van der Waals surface area contributed by atoms with Crippen molar-refractivity contribution in [3.63, 3.8) is 0 Å². The third-order valence-electron chi connectivity index (χ3n) is 8.69. The molecule has 0 aliphatic heterocycles. The Labute approximate surface area is 190 Å². The number of aliphatic hydroxyl groups excluding tert-OH is 1. The van der Waals surface area contributed by atoms with E-state index in [0.717, 1.165) is 36.3 Å². The van der Waals surface area contributed by atoms with E-state index in [1.165, 1.54) is 32.1 Å². The minimum Gasteiger partial charge on any atom is -0.390 e. The smallest absolute Gasteiger partial charge is 0.0814 e. The molecule has 3 aliphatic rings. The molecule has 0 aromatic carbocycles. The highest BCUT2D eigenvalue weighted by Gasteiger charge is 2.50. The summed E-state index contributed by atoms with van der Waals surface area (Å²) in [6.45, 7) is 14.7. The molecule has 3 saturated carbocycles. The first-order valence-electron chi connectivity index (χ1n) is 12.5. The van der Waals surface area contributed by atoms with Crippen molar-refractivity contribution >= 4 is 0 Å². The van der Waals surface area contributed by atoms with Crippen molar-refractivity contribution in [2.24, 2.45) is 23.2 Å². The highest BCUT2D eigenvalue weighted by Crippen LogP contribution is 2.60. The first-order valence-corrected chi connectivity index (χ1v) is 12.5. The summed E-state index contributed by atoms with van der Waals surface area (Å²) in [6.07, 6.45) is 14.2. The Hall–Kier alpha value is -0.900. The van der Waals surface area contributed by atoms with Crippen LogP contribution in [-0.4, -0.2) is 32.6 Å². The fourth-order valence-corrected chi connectivity index (χ4v) is 7.00. The summed E-state index contributed by atoms with van der Waals surface area (Å²) >= 11 is 0. The summed E-state index contributed by atoms with van der Waals surface area (Å²) in [5.74, 6) is 2.09. The van der Waals surface area contributed by atoms with Crippen LogP contribution in [-0.2, 0) is 0 Å². The quantitative estimate of drug-likeness (QED) is 0.477. The molecule has 3 aliphatic carbocycles. The van der Waals surface area contributed by atoms with Crippen LogP contribution in [0.1, 0.15) is 98.8 Å². The lowest BCUT2D eigenvalue weighted by molar-refractivity contribution is 0.00361. The molecule has 3 rings (SSSR count). The van der Waals surface area contributed by atoms with E-state index in [1.807, 2.05) is 20.8 Å². The van der Waals surface area contributed by atoms with Gasteiger partial charge in [-0.25, -0.2) is 0 Å². The van der Waals surface area contributed by atoms with E-state index in [1.54, 1.807) is 5.57 Å². The van der Waals surface area contributed by atoms with Gasteiger partial charge in [-0.3, -0.25) is 0 Å². The van der Waals surface area contributed by atoms with Crippen LogP contribution in [0.25, 0.3) is 0 Å². The molecular weight excluding hydrogens is 384 g/mol. The lowest BCUT2D eigenvalue weighted by Crippen LogP contribution is -2.37. The van der Waals surface area contributed by atoms with Crippen molar-refractivity contribution < 1.29 is 15.3 Å². The summed E-state index contributed by atoms with van der Waals surface area (Å²) in [4.78, 5) is 0. The fourth-order valence-electron chi connectivity index (χ4n) is 7.00. The van der Waals surface area contributed by atoms with Gasteiger partial charge < -0.3 is 15.3 Å². The zero-order chi connectivity index (χ0) is 23.0. The highest BCUT2D eigenvalue weighted by molar-refractivity contribution is 5.39. The molecule has 3 heteroatoms. The van der Waals surface area contributed by atoms with Crippen molar-refractivity contribution in [2.75, 3.05) is 0 Å². The maximum Gasteiger partial charge on any atom is 0.0814 e. The Kier molecular flexibility index (Phi) is 7.30. The van der Waals surface area contributed by atoms with Crippen molar-refractivity contribution in [3.05, 3.63) is 35.5 Å². The standard InChI is InChI=1S/C28H46O3/c1-19(9-7-15-26(3,4)30)23-13-14-24-21(10-8-16-28(23,24)6)11-12-22-17-27(5,31)18-25(29)20(22)2/h11-12,19,23-25,29-31H,2,7-10,13-18H2,1,3-6H3/b21-11?,22-12-/t19-,23+,24?,25+,27+,28+/m0/s1. The second-order valence-electron chi connectivity index (χ2n) is 12.1. The fraction of sp³-hybridized carbons (Fsp3) is 0.786. The van der Waals surface area contributed by atoms with E-state index in [0.29, 0.717) is 30.1 Å². The Bertz CT molecular complexity index is 723. The third kappa shape index (κ3) is 5.72. The van der Waals surface area contributed by atoms with Crippen LogP contribution in [0.15, 0.2) is 35.5 Å². The Morgan fingerprint density at radius 2 is 1.94 bits per heavy atom. The topological polar surface area (TPSA) is 60.7 Å². The Balaban J connectivity index is 1.72. The van der Waals surface area contributed by atoms with Gasteiger partial charge in [0.05, 0.1) is 17.3 Å². The average molecular weight is 431 g/mol. The molecule has 3 fully saturated rings. The van der Waals surface area contributed by atoms with Crippen LogP contribution in [0.4, 0.5) is 0 Å². The Morgan fingerprint density at radius 1 is 1.23 bits per heavy atom. The van der Waals surface area contributed by atoms with Crippen LogP contribution in [0, 0.1) is 23.2 Å². The molecule has 0 radical (unpaired) electrons. The minimum atomic E-state index is -0.858. The van der Waals surface area contributed by atoms with Gasteiger partial charge >= 0.3 is 0 Å². The largest absolute Gasteiger partial charge is 0.390 e. The molecule has 31 heavy (non-hydrogen) atoms. The number of hydrogen-bond donors (Lipinski definition) is 3. The molecule has 3 N–H and O–H groups in total. The van der Waals surface area contributed by atoms with Gasteiger partial charge in [0.2, 0.25) is 0 Å². The first kappa shape index (κ1) is 24.7. The Morgan fingerprint density at radius 3 is 2.61 bits per heavy atom. The van der Waals surface area contributed by atoms with Gasteiger partial charge in [0.25, 0.3) is 0 Å². The predicted molar refractivity (Wildman–Crippen MR) is 129 cm³/mol. The zero-order valence-electron chi connectivity index (χ0n) is 20.6. The maximum absolute atomic E-state index is 10.5. The molecule has 6 atom stereocenters. The second-order valence-corrected chi connectivity index (χ2v) is 12.1. The first-order chi connectivity index (χ1) is 14.3. The lowest BCUT2D eigenvalue weighted by atomic mass is 9.60. The van der Waals surface area contributed by atoms with E-state index >= 15 is 0 Å². The van der Waals surface area contributed by atoms with Gasteiger partial charge in [0, 0.05) is 12.8 Å². The molecule has 0 aromatic heterocycles. The normalized spacial score (nSPS) is 40.4. The monoisotopic (exact) mass is 430 g/mol. The van der Waals surface area contributed by atoms with Crippen LogP contribution in [0.5, 0.6) is 0 Å². The molecule has 0 amide bonds. The van der Waals surface area contributed by atoms with Gasteiger partial charge in [-0.2, -0.15) is 0 Å². The number of aliphatic hydroxyl groups is 3. The molecular formula is C28H46O3. The predicted octanol–water partition coefficient (Wildman–Crippen LogP) is 6.09. The second kappa shape index (κ2) is 9.15. The summed E-state index contributed by atoms with van der Waals surface area (Å²) in [7, 11) is 0. The van der Waals surface area contributed by atoms with Crippen molar-refractivity contribution in [1.82, 2.24) is 0 Å². The molecule has 3 nitrogen and oxygen atoms in total. The van der Waals surface area contributed by atoms with Crippen molar-refractivity contribution in [3.8, 4) is 0 Å². The molecule has 0 spiro atoms. The minimum absolute atomic E-state index is 0.366. The van der Waals surface area contributed by atoms with Gasteiger partial charge in [-0.05, 0) is 93.6 Å². The van der Waals surface area contributed by atoms with Gasteiger partial charge in [-0.1, -0.05) is 51.0 Å². The maximum atomic E-state index is 10.5. The number of rotatable bonds is 6. The summed E-state index contributed by atoms with van der Waals surface area (Å²) in [6, 6.07) is 0. The molecule has 176 valence electrons. The zero-order valence-corrected chi connectivity index (χ0v) is 20.6. The summed E-state index contributed by atoms with van der Waals surface area (Å²) in [5, 5.41) is 30.8. The molecule has 0 heterocycles. The molecule has 0 saturated heterocycles. The van der Waals surface area contributed by atoms with E-state index in [4.69, 9.17) is 0 Å². The third-order valence-corrected chi connectivity index (χ3v) is 8.69. The number of allylic oxidation sites excluding steroid dienone is 3. The summed E-state index contributed by atoms with van der Waals surface area (Å²) < 4.78 is 0. The number of hydrogen-bond acceptors (Lipinski definition) is 3. The molecule has 1 unspecified atom stereocenters. The van der Waals surface area contributed by atoms with Crippen molar-refractivity contribution in [1.29, 1.82) is 0 Å². The van der Waals surface area contributed by atoms with Crippen LogP contribution < -0.4 is 0 Å². The van der Waals surface area contributed by atoms with E-state index < -0.39 is 17.3 Å². The lowest BCUT2D eigenvalue weighted by Gasteiger charge is -2.44. The van der Waals surface area contributed by atoms with E-state index in [-0.39, 0.29) is 0 Å². The van der Waals surface area contributed by atoms with Crippen LogP contribution in [0.2, 0.25) is 0 Å². The average Bonchev–Trinajstić information content (AvgIpc) is 2.99. The van der Waals surface area contributed by atoms with Crippen LogP contribution in [0.3, 0.4) is 0 Å². The van der Waals surface area contributed by atoms with Gasteiger partial charge in [0.1, 0.15) is 0 Å². The molecule has 0 bridgehead atoms. The van der Waals surface area contributed by atoms with Gasteiger partial charge in [-0.15, -0.1) is 0 Å². The highest BCUT2D eigenvalue weighted by atomic mass is 16.3. The number of fused-ring (bicyclic) bond motifs is 1. The van der Waals surface area contributed by atoms with E-state index in [2.05, 4.69) is 32.6 Å². The van der Waals surface area contributed by atoms with Crippen LogP contribution >= 0.6 is 0 Å². The molecule has 0 aromatic rings. The van der Waals surface area contributed by atoms with Gasteiger partial charge in [0.15, 0.2) is 0 Å². The van der Waals surface area contributed by atoms with Crippen molar-refractivity contribution in [2.45, 2.75) is 116 Å². The summed E-state index contributed by atoms with van der Waals surface area (Å²) in [5.41, 5.74) is 2.27.